The summed E-state index contributed by atoms with van der Waals surface area (Å²) in [6.07, 6.45) is 0. The molecular formula is C14H11BrN2O3S. The van der Waals surface area contributed by atoms with Crippen LogP contribution in [0.4, 0.5) is 5.88 Å². The fourth-order valence-electron chi connectivity index (χ4n) is 1.80. The molecule has 0 aromatic carbocycles. The molecule has 3 heterocycles. The Hall–Kier alpha value is -1.86. The van der Waals surface area contributed by atoms with Gasteiger partial charge in [0.05, 0.1) is 5.92 Å². The van der Waals surface area contributed by atoms with Crippen LogP contribution in [0.1, 0.15) is 17.7 Å². The van der Waals surface area contributed by atoms with Crippen molar-refractivity contribution in [1.29, 1.82) is 0 Å². The van der Waals surface area contributed by atoms with Gasteiger partial charge in [-0.25, -0.2) is 0 Å². The minimum atomic E-state index is -0.240. The lowest BCUT2D eigenvalue weighted by atomic mass is 10.1. The zero-order valence-corrected chi connectivity index (χ0v) is 13.4. The second-order valence-electron chi connectivity index (χ2n) is 4.41. The fraction of sp³-hybridized carbons (Fsp3) is 0.143. The number of nitrogens with zero attached hydrogens (tertiary/aromatic N) is 1. The number of rotatable bonds is 4. The number of amides is 1. The number of thiophene rings is 1. The van der Waals surface area contributed by atoms with Gasteiger partial charge in [-0.05, 0) is 46.4 Å². The molecule has 0 bridgehead atoms. The normalized spacial score (nSPS) is 12.3. The molecule has 0 radical (unpaired) electrons. The van der Waals surface area contributed by atoms with E-state index in [4.69, 9.17) is 8.94 Å². The molecule has 5 nitrogen and oxygen atoms in total. The molecule has 3 aromatic rings. The van der Waals surface area contributed by atoms with Gasteiger partial charge in [0, 0.05) is 10.9 Å². The quantitative estimate of drug-likeness (QED) is 0.737. The Morgan fingerprint density at radius 1 is 1.43 bits per heavy atom. The number of carbonyl (C=O) groups excluding carboxylic acids is 1. The van der Waals surface area contributed by atoms with E-state index < -0.39 is 0 Å². The molecule has 0 unspecified atom stereocenters. The smallest absolute Gasteiger partial charge is 0.234 e. The highest BCUT2D eigenvalue weighted by atomic mass is 79.9. The summed E-state index contributed by atoms with van der Waals surface area (Å²) in [5, 5.41) is 8.53. The monoisotopic (exact) mass is 366 g/mol. The molecule has 21 heavy (non-hydrogen) atoms. The highest BCUT2D eigenvalue weighted by Gasteiger charge is 2.18. The van der Waals surface area contributed by atoms with E-state index in [0.717, 1.165) is 4.88 Å². The van der Waals surface area contributed by atoms with Crippen LogP contribution in [0.2, 0.25) is 0 Å². The van der Waals surface area contributed by atoms with Crippen molar-refractivity contribution in [3.63, 3.8) is 0 Å². The summed E-state index contributed by atoms with van der Waals surface area (Å²) in [6.45, 7) is 1.85. The van der Waals surface area contributed by atoms with Crippen molar-refractivity contribution in [2.45, 2.75) is 12.8 Å². The van der Waals surface area contributed by atoms with Crippen LogP contribution in [0.25, 0.3) is 11.5 Å². The number of furan rings is 1. The number of aromatic nitrogens is 1. The van der Waals surface area contributed by atoms with Crippen molar-refractivity contribution >= 4 is 39.1 Å². The van der Waals surface area contributed by atoms with Gasteiger partial charge in [0.2, 0.25) is 11.8 Å². The molecule has 7 heteroatoms. The Kier molecular flexibility index (Phi) is 3.94. The van der Waals surface area contributed by atoms with E-state index in [-0.39, 0.29) is 11.8 Å². The Morgan fingerprint density at radius 3 is 2.95 bits per heavy atom. The Bertz CT molecular complexity index is 748. The van der Waals surface area contributed by atoms with E-state index in [2.05, 4.69) is 26.4 Å². The summed E-state index contributed by atoms with van der Waals surface area (Å²) < 4.78 is 11.1. The van der Waals surface area contributed by atoms with Gasteiger partial charge in [-0.3, -0.25) is 10.1 Å². The minimum Gasteiger partial charge on any atom is -0.448 e. The summed E-state index contributed by atoms with van der Waals surface area (Å²) in [4.78, 5) is 13.1. The molecular weight excluding hydrogens is 356 g/mol. The van der Waals surface area contributed by atoms with Crippen molar-refractivity contribution in [2.75, 3.05) is 5.32 Å². The number of hydrogen-bond donors (Lipinski definition) is 1. The van der Waals surface area contributed by atoms with E-state index in [1.54, 1.807) is 29.5 Å². The standard InChI is InChI=1S/C14H11BrN2O3S/c1-8(11-3-2-6-21-11)14(18)16-13-7-9(17-20-13)10-4-5-12(15)19-10/h2-8H,1H3,(H,16,18)/t8-/m0/s1. The highest BCUT2D eigenvalue weighted by molar-refractivity contribution is 9.10. The molecule has 3 rings (SSSR count). The summed E-state index contributed by atoms with van der Waals surface area (Å²) >= 11 is 4.77. The van der Waals surface area contributed by atoms with Crippen LogP contribution in [0.5, 0.6) is 0 Å². The fourth-order valence-corrected chi connectivity index (χ4v) is 2.89. The topological polar surface area (TPSA) is 68.3 Å². The zero-order valence-electron chi connectivity index (χ0n) is 11.0. The van der Waals surface area contributed by atoms with Crippen LogP contribution in [0.3, 0.4) is 0 Å². The molecule has 0 aliphatic heterocycles. The highest BCUT2D eigenvalue weighted by Crippen LogP contribution is 2.27. The summed E-state index contributed by atoms with van der Waals surface area (Å²) in [6, 6.07) is 9.01. The molecule has 0 fully saturated rings. The predicted octanol–water partition coefficient (Wildman–Crippen LogP) is 4.50. The lowest BCUT2D eigenvalue weighted by molar-refractivity contribution is -0.117. The third kappa shape index (κ3) is 3.08. The van der Waals surface area contributed by atoms with Crippen molar-refractivity contribution in [1.82, 2.24) is 5.16 Å². The first-order valence-corrected chi connectivity index (χ1v) is 7.87. The number of hydrogen-bond acceptors (Lipinski definition) is 5. The van der Waals surface area contributed by atoms with E-state index in [1.165, 1.54) is 0 Å². The van der Waals surface area contributed by atoms with Crippen molar-refractivity contribution < 1.29 is 13.7 Å². The maximum Gasteiger partial charge on any atom is 0.234 e. The number of anilines is 1. The van der Waals surface area contributed by atoms with Crippen LogP contribution in [0.15, 0.2) is 49.3 Å². The second kappa shape index (κ2) is 5.87. The van der Waals surface area contributed by atoms with Gasteiger partial charge in [0.25, 0.3) is 0 Å². The van der Waals surface area contributed by atoms with Crippen molar-refractivity contribution in [3.8, 4) is 11.5 Å². The molecule has 1 N–H and O–H groups in total. The summed E-state index contributed by atoms with van der Waals surface area (Å²) in [5.74, 6) is 0.487. The average Bonchev–Trinajstić information content (AvgIpc) is 3.17. The van der Waals surface area contributed by atoms with E-state index in [1.807, 2.05) is 24.4 Å². The number of halogens is 1. The first kappa shape index (κ1) is 14.1. The van der Waals surface area contributed by atoms with Crippen LogP contribution >= 0.6 is 27.3 Å². The molecule has 0 saturated carbocycles. The molecule has 108 valence electrons. The Balaban J connectivity index is 1.71. The first-order chi connectivity index (χ1) is 10.1. The van der Waals surface area contributed by atoms with Gasteiger partial charge in [0.15, 0.2) is 16.1 Å². The van der Waals surface area contributed by atoms with Crippen LogP contribution < -0.4 is 5.32 Å². The van der Waals surface area contributed by atoms with Crippen LogP contribution in [0, 0.1) is 0 Å². The zero-order chi connectivity index (χ0) is 14.8. The minimum absolute atomic E-state index is 0.138. The van der Waals surface area contributed by atoms with Crippen LogP contribution in [-0.2, 0) is 4.79 Å². The van der Waals surface area contributed by atoms with Gasteiger partial charge in [0.1, 0.15) is 0 Å². The van der Waals surface area contributed by atoms with Gasteiger partial charge in [-0.15, -0.1) is 11.3 Å². The van der Waals surface area contributed by atoms with Crippen LogP contribution in [-0.4, -0.2) is 11.1 Å². The Morgan fingerprint density at radius 2 is 2.29 bits per heavy atom. The molecule has 0 aliphatic carbocycles. The third-order valence-electron chi connectivity index (χ3n) is 2.95. The third-order valence-corrected chi connectivity index (χ3v) is 4.43. The molecule has 1 atom stereocenters. The number of carbonyl (C=O) groups is 1. The molecule has 0 saturated heterocycles. The molecule has 0 aliphatic rings. The largest absolute Gasteiger partial charge is 0.448 e. The maximum absolute atomic E-state index is 12.1. The maximum atomic E-state index is 12.1. The number of nitrogens with one attached hydrogen (secondary N) is 1. The predicted molar refractivity (Wildman–Crippen MR) is 83.3 cm³/mol. The van der Waals surface area contributed by atoms with Crippen molar-refractivity contribution in [3.05, 3.63) is 45.3 Å². The Labute approximate surface area is 133 Å². The van der Waals surface area contributed by atoms with Gasteiger partial charge in [-0.2, -0.15) is 0 Å². The lowest BCUT2D eigenvalue weighted by Gasteiger charge is -2.07. The van der Waals surface area contributed by atoms with Gasteiger partial charge < -0.3 is 8.94 Å². The molecule has 0 spiro atoms. The first-order valence-electron chi connectivity index (χ1n) is 6.20. The van der Waals surface area contributed by atoms with E-state index in [9.17, 15) is 4.79 Å². The molecule has 1 amide bonds. The van der Waals surface area contributed by atoms with E-state index in [0.29, 0.717) is 22.0 Å². The SMILES string of the molecule is C[C@H](C(=O)Nc1cc(-c2ccc(Br)o2)no1)c1cccs1. The summed E-state index contributed by atoms with van der Waals surface area (Å²) in [5.41, 5.74) is 0.528. The van der Waals surface area contributed by atoms with Crippen molar-refractivity contribution in [2.24, 2.45) is 0 Å². The second-order valence-corrected chi connectivity index (χ2v) is 6.17. The molecule has 3 aromatic heterocycles. The van der Waals surface area contributed by atoms with Gasteiger partial charge >= 0.3 is 0 Å². The van der Waals surface area contributed by atoms with Gasteiger partial charge in [-0.1, -0.05) is 11.2 Å². The van der Waals surface area contributed by atoms with E-state index >= 15 is 0 Å². The average molecular weight is 367 g/mol. The summed E-state index contributed by atoms with van der Waals surface area (Å²) in [7, 11) is 0. The lowest BCUT2D eigenvalue weighted by Crippen LogP contribution is -2.17.